The molecule has 0 amide bonds. The summed E-state index contributed by atoms with van der Waals surface area (Å²) in [6.07, 6.45) is 4.85. The minimum atomic E-state index is -3.43. The molecule has 0 spiro atoms. The van der Waals surface area contributed by atoms with Crippen molar-refractivity contribution in [3.63, 3.8) is 0 Å². The monoisotopic (exact) mass is 314 g/mol. The van der Waals surface area contributed by atoms with Crippen LogP contribution in [0.2, 0.25) is 0 Å². The number of rotatable bonds is 7. The van der Waals surface area contributed by atoms with Crippen LogP contribution >= 0.6 is 0 Å². The molecule has 6 nitrogen and oxygen atoms in total. The molecule has 2 N–H and O–H groups in total. The van der Waals surface area contributed by atoms with E-state index in [1.54, 1.807) is 19.3 Å². The number of likely N-dealkylation sites (N-methyl/N-ethyl adjacent to an activating group) is 2. The van der Waals surface area contributed by atoms with E-state index in [1.807, 2.05) is 21.1 Å². The summed E-state index contributed by atoms with van der Waals surface area (Å²) in [5, 5.41) is 3.00. The van der Waals surface area contributed by atoms with Crippen LogP contribution in [0.4, 0.5) is 0 Å². The van der Waals surface area contributed by atoms with Crippen molar-refractivity contribution in [1.82, 2.24) is 19.5 Å². The first kappa shape index (κ1) is 16.5. The van der Waals surface area contributed by atoms with Crippen LogP contribution in [0.15, 0.2) is 17.2 Å². The van der Waals surface area contributed by atoms with Crippen molar-refractivity contribution in [2.75, 3.05) is 34.7 Å². The fourth-order valence-electron chi connectivity index (χ4n) is 2.87. The molecular formula is C14H26N4O2S. The Hall–Kier alpha value is -0.890. The van der Waals surface area contributed by atoms with Gasteiger partial charge >= 0.3 is 0 Å². The summed E-state index contributed by atoms with van der Waals surface area (Å²) in [4.78, 5) is 5.50. The molecule has 0 radical (unpaired) electrons. The van der Waals surface area contributed by atoms with Gasteiger partial charge in [-0.3, -0.25) is 0 Å². The third-order valence-corrected chi connectivity index (χ3v) is 6.32. The Morgan fingerprint density at radius 2 is 2.00 bits per heavy atom. The smallest absolute Gasteiger partial charge is 0.244 e. The van der Waals surface area contributed by atoms with Gasteiger partial charge in [0, 0.05) is 37.6 Å². The van der Waals surface area contributed by atoms with Crippen molar-refractivity contribution in [2.45, 2.75) is 36.2 Å². The predicted molar refractivity (Wildman–Crippen MR) is 83.6 cm³/mol. The van der Waals surface area contributed by atoms with Crippen LogP contribution in [0.1, 0.15) is 25.0 Å². The lowest BCUT2D eigenvalue weighted by Crippen LogP contribution is -2.57. The molecule has 1 saturated carbocycles. The van der Waals surface area contributed by atoms with Crippen LogP contribution in [0, 0.1) is 0 Å². The molecule has 1 aromatic rings. The molecule has 0 atom stereocenters. The maximum absolute atomic E-state index is 12.7. The van der Waals surface area contributed by atoms with Crippen molar-refractivity contribution in [3.8, 4) is 0 Å². The van der Waals surface area contributed by atoms with E-state index in [9.17, 15) is 8.42 Å². The molecule has 0 bridgehead atoms. The molecule has 1 aliphatic carbocycles. The molecule has 1 aromatic heterocycles. The van der Waals surface area contributed by atoms with Gasteiger partial charge in [-0.1, -0.05) is 0 Å². The van der Waals surface area contributed by atoms with Gasteiger partial charge in [0.1, 0.15) is 0 Å². The summed E-state index contributed by atoms with van der Waals surface area (Å²) in [5.41, 5.74) is 0.863. The number of nitrogens with one attached hydrogen (secondary N) is 2. The number of hydrogen-bond donors (Lipinski definition) is 2. The highest BCUT2D eigenvalue weighted by molar-refractivity contribution is 7.89. The zero-order chi connectivity index (χ0) is 15.7. The largest absolute Gasteiger partial charge is 0.363 e. The molecule has 1 aliphatic rings. The lowest BCUT2D eigenvalue weighted by atomic mass is 9.75. The van der Waals surface area contributed by atoms with Gasteiger partial charge < -0.3 is 15.2 Å². The molecule has 21 heavy (non-hydrogen) atoms. The molecule has 0 saturated heterocycles. The van der Waals surface area contributed by atoms with Gasteiger partial charge in [0.2, 0.25) is 10.0 Å². The summed E-state index contributed by atoms with van der Waals surface area (Å²) in [6, 6.07) is 1.70. The number of aromatic amines is 1. The highest BCUT2D eigenvalue weighted by atomic mass is 32.2. The van der Waals surface area contributed by atoms with E-state index in [0.29, 0.717) is 18.0 Å². The molecule has 2 rings (SSSR count). The van der Waals surface area contributed by atoms with Gasteiger partial charge in [0.05, 0.1) is 4.90 Å². The van der Waals surface area contributed by atoms with Gasteiger partial charge in [0.15, 0.2) is 0 Å². The Bertz CT molecular complexity index is 576. The minimum Gasteiger partial charge on any atom is -0.363 e. The third kappa shape index (κ3) is 3.15. The van der Waals surface area contributed by atoms with E-state index in [4.69, 9.17) is 0 Å². The molecule has 1 heterocycles. The Morgan fingerprint density at radius 3 is 2.48 bits per heavy atom. The lowest BCUT2D eigenvalue weighted by molar-refractivity contribution is 0.0455. The maximum atomic E-state index is 12.7. The third-order valence-electron chi connectivity index (χ3n) is 4.54. The topological polar surface area (TPSA) is 68.4 Å². The van der Waals surface area contributed by atoms with E-state index in [1.165, 1.54) is 10.7 Å². The van der Waals surface area contributed by atoms with Crippen LogP contribution in [0.5, 0.6) is 0 Å². The van der Waals surface area contributed by atoms with Gasteiger partial charge in [0.25, 0.3) is 0 Å². The number of nitrogens with zero attached hydrogens (tertiary/aromatic N) is 2. The van der Waals surface area contributed by atoms with Crippen molar-refractivity contribution < 1.29 is 8.42 Å². The normalized spacial score (nSPS) is 18.2. The van der Waals surface area contributed by atoms with E-state index < -0.39 is 10.0 Å². The van der Waals surface area contributed by atoms with Gasteiger partial charge in [-0.15, -0.1) is 0 Å². The van der Waals surface area contributed by atoms with Crippen LogP contribution in [-0.2, 0) is 16.6 Å². The van der Waals surface area contributed by atoms with Crippen molar-refractivity contribution in [1.29, 1.82) is 0 Å². The molecule has 120 valence electrons. The van der Waals surface area contributed by atoms with Crippen LogP contribution in [0.3, 0.4) is 0 Å². The molecular weight excluding hydrogens is 288 g/mol. The van der Waals surface area contributed by atoms with Crippen molar-refractivity contribution in [2.24, 2.45) is 0 Å². The van der Waals surface area contributed by atoms with Gasteiger partial charge in [-0.25, -0.2) is 8.42 Å². The van der Waals surface area contributed by atoms with E-state index in [0.717, 1.165) is 18.5 Å². The number of hydrogen-bond acceptors (Lipinski definition) is 4. The predicted octanol–water partition coefficient (Wildman–Crippen LogP) is 0.839. The Balaban J connectivity index is 2.14. The molecule has 7 heteroatoms. The molecule has 1 fully saturated rings. The summed E-state index contributed by atoms with van der Waals surface area (Å²) < 4.78 is 26.8. The maximum Gasteiger partial charge on any atom is 0.244 e. The number of sulfonamides is 1. The number of H-pyrrole nitrogens is 1. The highest BCUT2D eigenvalue weighted by Gasteiger charge is 2.42. The average molecular weight is 314 g/mol. The second-order valence-corrected chi connectivity index (χ2v) is 8.17. The summed E-state index contributed by atoms with van der Waals surface area (Å²) in [6.45, 7) is 1.16. The zero-order valence-electron chi connectivity index (χ0n) is 13.3. The summed E-state index contributed by atoms with van der Waals surface area (Å²) in [7, 11) is 4.13. The molecule has 0 aromatic carbocycles. The molecule has 0 unspecified atom stereocenters. The Kier molecular flexibility index (Phi) is 4.77. The first-order chi connectivity index (χ1) is 9.82. The van der Waals surface area contributed by atoms with Crippen molar-refractivity contribution in [3.05, 3.63) is 18.0 Å². The van der Waals surface area contributed by atoms with Crippen LogP contribution in [-0.4, -0.2) is 62.9 Å². The Morgan fingerprint density at radius 1 is 1.33 bits per heavy atom. The summed E-state index contributed by atoms with van der Waals surface area (Å²) in [5.74, 6) is 0. The van der Waals surface area contributed by atoms with Crippen LogP contribution in [0.25, 0.3) is 0 Å². The minimum absolute atomic E-state index is 0.00800. The second kappa shape index (κ2) is 6.08. The van der Waals surface area contributed by atoms with E-state index in [2.05, 4.69) is 15.2 Å². The average Bonchev–Trinajstić information content (AvgIpc) is 2.82. The number of aromatic nitrogens is 1. The SMILES string of the molecule is CNCc1cc(S(=O)(=O)N(C)CC2(N(C)C)CCC2)c[nH]1. The van der Waals surface area contributed by atoms with Crippen LogP contribution < -0.4 is 5.32 Å². The lowest BCUT2D eigenvalue weighted by Gasteiger charge is -2.48. The fraction of sp³-hybridized carbons (Fsp3) is 0.714. The highest BCUT2D eigenvalue weighted by Crippen LogP contribution is 2.37. The van der Waals surface area contributed by atoms with E-state index in [-0.39, 0.29) is 5.54 Å². The van der Waals surface area contributed by atoms with Gasteiger partial charge in [-0.2, -0.15) is 4.31 Å². The summed E-state index contributed by atoms with van der Waals surface area (Å²) >= 11 is 0. The van der Waals surface area contributed by atoms with Crippen molar-refractivity contribution >= 4 is 10.0 Å². The van der Waals surface area contributed by atoms with E-state index >= 15 is 0 Å². The molecule has 0 aliphatic heterocycles. The Labute approximate surface area is 127 Å². The second-order valence-electron chi connectivity index (χ2n) is 6.12. The fourth-order valence-corrected chi connectivity index (χ4v) is 4.14. The first-order valence-corrected chi connectivity index (χ1v) is 8.71. The standard InChI is InChI=1S/C14H26N4O2S/c1-15-9-12-8-13(10-16-12)21(19,20)18(4)11-14(17(2)3)6-5-7-14/h8,10,15-16H,5-7,9,11H2,1-4H3. The zero-order valence-corrected chi connectivity index (χ0v) is 14.1. The quantitative estimate of drug-likeness (QED) is 0.782. The van der Waals surface area contributed by atoms with Gasteiger partial charge in [-0.05, 0) is 46.5 Å². The first-order valence-electron chi connectivity index (χ1n) is 7.27.